The summed E-state index contributed by atoms with van der Waals surface area (Å²) in [5, 5.41) is 2.86. The number of amides is 1. The van der Waals surface area contributed by atoms with Crippen molar-refractivity contribution in [2.75, 3.05) is 6.54 Å². The van der Waals surface area contributed by atoms with Crippen molar-refractivity contribution in [2.24, 2.45) is 0 Å². The maximum atomic E-state index is 11.4. The van der Waals surface area contributed by atoms with E-state index in [1.54, 1.807) is 0 Å². The molecule has 0 aliphatic rings. The Balaban J connectivity index is 1.60. The van der Waals surface area contributed by atoms with Crippen LogP contribution in [0.1, 0.15) is 103 Å². The van der Waals surface area contributed by atoms with Crippen LogP contribution in [-0.2, 0) is 17.8 Å². The molecule has 1 amide bonds. The number of unbranched alkanes of at least 4 members (excludes halogenated alkanes) is 13. The van der Waals surface area contributed by atoms with Crippen LogP contribution in [0.3, 0.4) is 0 Å². The highest BCUT2D eigenvalue weighted by Crippen LogP contribution is 2.18. The number of hydrogen-bond donors (Lipinski definition) is 1. The number of nitrogens with zero attached hydrogens (tertiary/aromatic N) is 2. The van der Waals surface area contributed by atoms with Crippen LogP contribution in [0.2, 0.25) is 0 Å². The van der Waals surface area contributed by atoms with Crippen LogP contribution in [0.25, 0.3) is 11.0 Å². The smallest absolute Gasteiger partial charge is 0.243 e. The Morgan fingerprint density at radius 1 is 0.906 bits per heavy atom. The molecule has 0 bridgehead atoms. The van der Waals surface area contributed by atoms with Gasteiger partial charge in [0.15, 0.2) is 0 Å². The Kier molecular flexibility index (Phi) is 13.5. The molecule has 1 aromatic carbocycles. The fourth-order valence-corrected chi connectivity index (χ4v) is 4.40. The molecule has 0 aliphatic carbocycles. The maximum Gasteiger partial charge on any atom is 0.243 e. The molecule has 1 N–H and O–H groups in total. The Bertz CT molecular complexity index is 780. The summed E-state index contributed by atoms with van der Waals surface area (Å²) in [5.41, 5.74) is 2.25. The summed E-state index contributed by atoms with van der Waals surface area (Å²) in [6, 6.07) is 8.34. The minimum Gasteiger partial charge on any atom is -0.352 e. The molecule has 4 nitrogen and oxygen atoms in total. The van der Waals surface area contributed by atoms with E-state index in [-0.39, 0.29) is 5.91 Å². The second-order valence-electron chi connectivity index (χ2n) is 9.01. The Hall–Kier alpha value is -2.10. The number of nitrogens with one attached hydrogen (secondary N) is 1. The maximum absolute atomic E-state index is 11.4. The van der Waals surface area contributed by atoms with Gasteiger partial charge in [0.25, 0.3) is 0 Å². The zero-order chi connectivity index (χ0) is 22.9. The number of carbonyl (C=O) groups excluding carboxylic acids is 1. The van der Waals surface area contributed by atoms with Gasteiger partial charge in [0.2, 0.25) is 5.91 Å². The third kappa shape index (κ3) is 10.0. The lowest BCUT2D eigenvalue weighted by molar-refractivity contribution is -0.116. The summed E-state index contributed by atoms with van der Waals surface area (Å²) in [7, 11) is 0. The first-order valence-corrected chi connectivity index (χ1v) is 13.1. The number of hydrogen-bond acceptors (Lipinski definition) is 2. The number of rotatable bonds is 19. The molecule has 1 heterocycles. The molecule has 0 spiro atoms. The van der Waals surface area contributed by atoms with Crippen molar-refractivity contribution in [1.82, 2.24) is 14.9 Å². The summed E-state index contributed by atoms with van der Waals surface area (Å²) in [6.45, 7) is 7.38. The highest BCUT2D eigenvalue weighted by atomic mass is 16.1. The third-order valence-corrected chi connectivity index (χ3v) is 6.30. The average molecular weight is 440 g/mol. The third-order valence-electron chi connectivity index (χ3n) is 6.30. The lowest BCUT2D eigenvalue weighted by atomic mass is 10.0. The van der Waals surface area contributed by atoms with Crippen molar-refractivity contribution in [3.8, 4) is 0 Å². The molecule has 0 fully saturated rings. The van der Waals surface area contributed by atoms with Gasteiger partial charge < -0.3 is 9.88 Å². The summed E-state index contributed by atoms with van der Waals surface area (Å²) in [5.74, 6) is 0.935. The quantitative estimate of drug-likeness (QED) is 0.183. The van der Waals surface area contributed by atoms with Crippen molar-refractivity contribution < 1.29 is 4.79 Å². The van der Waals surface area contributed by atoms with Crippen molar-refractivity contribution in [2.45, 2.75) is 110 Å². The van der Waals surface area contributed by atoms with Gasteiger partial charge in [0.1, 0.15) is 5.82 Å². The van der Waals surface area contributed by atoms with Crippen LogP contribution in [0.4, 0.5) is 0 Å². The van der Waals surface area contributed by atoms with E-state index in [1.807, 2.05) is 6.07 Å². The average Bonchev–Trinajstić information content (AvgIpc) is 3.16. The van der Waals surface area contributed by atoms with Crippen LogP contribution in [0.5, 0.6) is 0 Å². The summed E-state index contributed by atoms with van der Waals surface area (Å²) < 4.78 is 2.34. The topological polar surface area (TPSA) is 46.9 Å². The first-order valence-electron chi connectivity index (χ1n) is 13.1. The lowest BCUT2D eigenvalue weighted by Gasteiger charge is -2.10. The molecule has 4 heteroatoms. The van der Waals surface area contributed by atoms with Crippen molar-refractivity contribution >= 4 is 16.9 Å². The van der Waals surface area contributed by atoms with Gasteiger partial charge in [0, 0.05) is 19.5 Å². The molecule has 2 aromatic rings. The van der Waals surface area contributed by atoms with Gasteiger partial charge in [-0.1, -0.05) is 109 Å². The predicted molar refractivity (Wildman–Crippen MR) is 137 cm³/mol. The number of carbonyl (C=O) groups is 1. The van der Waals surface area contributed by atoms with Crippen molar-refractivity contribution in [1.29, 1.82) is 0 Å². The summed E-state index contributed by atoms with van der Waals surface area (Å²) >= 11 is 0. The number of aryl methyl sites for hydroxylation is 1. The van der Waals surface area contributed by atoms with E-state index in [1.165, 1.54) is 101 Å². The normalized spacial score (nSPS) is 11.2. The molecule has 32 heavy (non-hydrogen) atoms. The van der Waals surface area contributed by atoms with E-state index in [0.29, 0.717) is 6.54 Å². The number of para-hydroxylation sites is 2. The standard InChI is InChI=1S/C28H45N3O/c1-3-5-6-7-8-9-10-11-12-13-14-15-16-19-24-31-26-21-18-17-20-25(26)30-27(31)22-23-29-28(32)4-2/h4,17-18,20-21H,2-3,5-16,19,22-24H2,1H3,(H,29,32). The first-order chi connectivity index (χ1) is 15.8. The predicted octanol–water partition coefficient (Wildman–Crippen LogP) is 7.36. The molecule has 0 radical (unpaired) electrons. The van der Waals surface area contributed by atoms with Gasteiger partial charge in [0.05, 0.1) is 11.0 Å². The molecule has 0 aliphatic heterocycles. The van der Waals surface area contributed by atoms with Crippen LogP contribution >= 0.6 is 0 Å². The van der Waals surface area contributed by atoms with E-state index in [9.17, 15) is 4.79 Å². The molecular formula is C28H45N3O. The number of imidazole rings is 1. The molecule has 0 saturated heterocycles. The molecule has 0 saturated carbocycles. The van der Waals surface area contributed by atoms with Gasteiger partial charge in [-0.25, -0.2) is 4.98 Å². The molecule has 178 valence electrons. The lowest BCUT2D eigenvalue weighted by Crippen LogP contribution is -2.24. The largest absolute Gasteiger partial charge is 0.352 e. The van der Waals surface area contributed by atoms with Gasteiger partial charge in [-0.2, -0.15) is 0 Å². The first kappa shape index (κ1) is 26.2. The zero-order valence-electron chi connectivity index (χ0n) is 20.4. The highest BCUT2D eigenvalue weighted by Gasteiger charge is 2.10. The summed E-state index contributed by atoms with van der Waals surface area (Å²) in [6.07, 6.45) is 21.3. The van der Waals surface area contributed by atoms with Gasteiger partial charge in [-0.3, -0.25) is 4.79 Å². The van der Waals surface area contributed by atoms with Crippen LogP contribution in [0.15, 0.2) is 36.9 Å². The van der Waals surface area contributed by atoms with E-state index in [0.717, 1.165) is 24.3 Å². The SMILES string of the molecule is C=CC(=O)NCCc1nc2ccccc2n1CCCCCCCCCCCCCCCC. The number of benzene rings is 1. The zero-order valence-corrected chi connectivity index (χ0v) is 20.4. The van der Waals surface area contributed by atoms with E-state index in [4.69, 9.17) is 4.98 Å². The number of fused-ring (bicyclic) bond motifs is 1. The minimum atomic E-state index is -0.125. The van der Waals surface area contributed by atoms with E-state index < -0.39 is 0 Å². The fourth-order valence-electron chi connectivity index (χ4n) is 4.40. The van der Waals surface area contributed by atoms with Crippen molar-refractivity contribution in [3.05, 3.63) is 42.7 Å². The fraction of sp³-hybridized carbons (Fsp3) is 0.643. The minimum absolute atomic E-state index is 0.125. The second-order valence-corrected chi connectivity index (χ2v) is 9.01. The Labute approximate surface area is 195 Å². The summed E-state index contributed by atoms with van der Waals surface area (Å²) in [4.78, 5) is 16.2. The van der Waals surface area contributed by atoms with Crippen LogP contribution < -0.4 is 5.32 Å². The molecule has 0 atom stereocenters. The van der Waals surface area contributed by atoms with E-state index >= 15 is 0 Å². The highest BCUT2D eigenvalue weighted by molar-refractivity contribution is 5.86. The number of aromatic nitrogens is 2. The second kappa shape index (κ2) is 16.5. The molecular weight excluding hydrogens is 394 g/mol. The van der Waals surface area contributed by atoms with Crippen LogP contribution in [-0.4, -0.2) is 22.0 Å². The molecule has 2 rings (SSSR count). The molecule has 0 unspecified atom stereocenters. The van der Waals surface area contributed by atoms with Gasteiger partial charge in [-0.15, -0.1) is 0 Å². The monoisotopic (exact) mass is 439 g/mol. The molecule has 1 aromatic heterocycles. The van der Waals surface area contributed by atoms with Crippen LogP contribution in [0, 0.1) is 0 Å². The van der Waals surface area contributed by atoms with Gasteiger partial charge >= 0.3 is 0 Å². The van der Waals surface area contributed by atoms with E-state index in [2.05, 4.69) is 41.6 Å². The van der Waals surface area contributed by atoms with Crippen molar-refractivity contribution in [3.63, 3.8) is 0 Å². The Morgan fingerprint density at radius 2 is 1.47 bits per heavy atom. The van der Waals surface area contributed by atoms with Gasteiger partial charge in [-0.05, 0) is 24.6 Å². The Morgan fingerprint density at radius 3 is 2.06 bits per heavy atom.